The number of anilines is 1. The lowest BCUT2D eigenvalue weighted by Crippen LogP contribution is -2.05. The van der Waals surface area contributed by atoms with Gasteiger partial charge in [-0.2, -0.15) is 0 Å². The standard InChI is InChI=1S/C30H33BrN2O10S/c1-37-19-13-24(38-2)20(25(14-19)39-3)9-11-44(35,36)17-18-12-22(30(43-7)33-16-18)32-10-8-23(34)21-15-26(40-4)28(41-5)29(42-6)27(21)31/h8-16,32H,17H2,1-7H3/b10-8-,11-9+. The zero-order valence-electron chi connectivity index (χ0n) is 25.2. The Bertz CT molecular complexity index is 1650. The van der Waals surface area contributed by atoms with E-state index in [4.69, 9.17) is 33.2 Å². The molecule has 0 spiro atoms. The summed E-state index contributed by atoms with van der Waals surface area (Å²) in [7, 11) is 6.44. The minimum absolute atomic E-state index is 0.195. The number of sulfone groups is 1. The number of ether oxygens (including phenoxy) is 7. The van der Waals surface area contributed by atoms with Crippen molar-refractivity contribution in [2.24, 2.45) is 0 Å². The van der Waals surface area contributed by atoms with Gasteiger partial charge in [-0.05, 0) is 39.7 Å². The summed E-state index contributed by atoms with van der Waals surface area (Å²) in [5.41, 5.74) is 1.41. The van der Waals surface area contributed by atoms with Crippen molar-refractivity contribution in [2.45, 2.75) is 5.75 Å². The molecule has 44 heavy (non-hydrogen) atoms. The minimum Gasteiger partial charge on any atom is -0.496 e. The van der Waals surface area contributed by atoms with Crippen LogP contribution < -0.4 is 38.5 Å². The summed E-state index contributed by atoms with van der Waals surface area (Å²) in [5, 5.41) is 4.01. The van der Waals surface area contributed by atoms with Crippen molar-refractivity contribution < 1.29 is 46.4 Å². The highest BCUT2D eigenvalue weighted by atomic mass is 79.9. The van der Waals surface area contributed by atoms with Gasteiger partial charge in [0.25, 0.3) is 0 Å². The number of allylic oxidation sites excluding steroid dienone is 1. The molecule has 0 amide bonds. The molecule has 0 aliphatic carbocycles. The molecule has 0 bridgehead atoms. The number of pyridine rings is 1. The molecule has 0 aliphatic rings. The lowest BCUT2D eigenvalue weighted by molar-refractivity contribution is 0.104. The van der Waals surface area contributed by atoms with Gasteiger partial charge < -0.3 is 38.5 Å². The van der Waals surface area contributed by atoms with Crippen LogP contribution in [-0.2, 0) is 15.6 Å². The predicted octanol–water partition coefficient (Wildman–Crippen LogP) is 5.30. The van der Waals surface area contributed by atoms with E-state index < -0.39 is 9.84 Å². The number of carbonyl (C=O) groups is 1. The maximum atomic E-state index is 13.0. The van der Waals surface area contributed by atoms with Crippen molar-refractivity contribution in [2.75, 3.05) is 55.1 Å². The highest BCUT2D eigenvalue weighted by Gasteiger charge is 2.22. The van der Waals surface area contributed by atoms with Gasteiger partial charge in [0.15, 0.2) is 27.1 Å². The molecule has 0 saturated heterocycles. The first-order chi connectivity index (χ1) is 21.1. The normalized spacial score (nSPS) is 11.4. The largest absolute Gasteiger partial charge is 0.496 e. The van der Waals surface area contributed by atoms with Gasteiger partial charge in [0.1, 0.15) is 22.9 Å². The number of aromatic nitrogens is 1. The van der Waals surface area contributed by atoms with Gasteiger partial charge in [-0.3, -0.25) is 4.79 Å². The molecule has 12 nitrogen and oxygen atoms in total. The fourth-order valence-electron chi connectivity index (χ4n) is 4.09. The molecule has 0 aliphatic heterocycles. The number of hydrogen-bond donors (Lipinski definition) is 1. The van der Waals surface area contributed by atoms with Crippen LogP contribution in [0.4, 0.5) is 5.69 Å². The number of hydrogen-bond acceptors (Lipinski definition) is 12. The Morgan fingerprint density at radius 1 is 0.841 bits per heavy atom. The van der Waals surface area contributed by atoms with Crippen molar-refractivity contribution >= 4 is 43.3 Å². The first kappa shape index (κ1) is 34.1. The van der Waals surface area contributed by atoms with Crippen LogP contribution in [-0.4, -0.2) is 69.0 Å². The molecule has 0 fully saturated rings. The Kier molecular flexibility index (Phi) is 11.9. The Labute approximate surface area is 264 Å². The summed E-state index contributed by atoms with van der Waals surface area (Å²) in [6.45, 7) is 0. The highest BCUT2D eigenvalue weighted by molar-refractivity contribution is 9.10. The first-order valence-electron chi connectivity index (χ1n) is 12.8. The van der Waals surface area contributed by atoms with Crippen molar-refractivity contribution in [3.8, 4) is 40.4 Å². The van der Waals surface area contributed by atoms with E-state index in [1.807, 2.05) is 0 Å². The summed E-state index contributed by atoms with van der Waals surface area (Å²) >= 11 is 3.40. The van der Waals surface area contributed by atoms with E-state index >= 15 is 0 Å². The third-order valence-electron chi connectivity index (χ3n) is 6.17. The zero-order chi connectivity index (χ0) is 32.4. The van der Waals surface area contributed by atoms with Crippen LogP contribution in [0.3, 0.4) is 0 Å². The van der Waals surface area contributed by atoms with Crippen molar-refractivity contribution in [3.05, 3.63) is 69.3 Å². The van der Waals surface area contributed by atoms with Crippen LogP contribution >= 0.6 is 15.9 Å². The van der Waals surface area contributed by atoms with Gasteiger partial charge in [-0.1, -0.05) is 0 Å². The van der Waals surface area contributed by atoms with Gasteiger partial charge in [0.2, 0.25) is 11.6 Å². The number of rotatable bonds is 15. The van der Waals surface area contributed by atoms with Gasteiger partial charge in [-0.25, -0.2) is 13.4 Å². The third kappa shape index (κ3) is 7.94. The molecule has 3 rings (SSSR count). The molecule has 0 radical (unpaired) electrons. The minimum atomic E-state index is -3.77. The summed E-state index contributed by atoms with van der Waals surface area (Å²) in [5.74, 6) is 1.65. The quantitative estimate of drug-likeness (QED) is 0.163. The maximum Gasteiger partial charge on any atom is 0.237 e. The molecule has 3 aromatic rings. The number of nitrogens with zero attached hydrogens (tertiary/aromatic N) is 1. The number of halogens is 1. The van der Waals surface area contributed by atoms with Crippen LogP contribution in [0.25, 0.3) is 6.08 Å². The molecule has 1 N–H and O–H groups in total. The average Bonchev–Trinajstić information content (AvgIpc) is 3.02. The SMILES string of the molecule is COc1cc(OC)c(/C=C/S(=O)(=O)Cc2cnc(OC)c(N/C=C\C(=O)c3cc(OC)c(OC)c(OC)c3Br)c2)c(OC)c1. The fraction of sp³-hybridized carbons (Fsp3) is 0.267. The molecule has 0 atom stereocenters. The zero-order valence-corrected chi connectivity index (χ0v) is 27.6. The highest BCUT2D eigenvalue weighted by Crippen LogP contribution is 2.45. The number of benzene rings is 2. The van der Waals surface area contributed by atoms with Crippen LogP contribution in [0, 0.1) is 0 Å². The van der Waals surface area contributed by atoms with Crippen LogP contribution in [0.15, 0.2) is 52.6 Å². The molecule has 0 unspecified atom stereocenters. The van der Waals surface area contributed by atoms with E-state index in [9.17, 15) is 13.2 Å². The fourth-order valence-corrected chi connectivity index (χ4v) is 5.80. The number of nitrogens with one attached hydrogen (secondary N) is 1. The second-order valence-electron chi connectivity index (χ2n) is 8.80. The van der Waals surface area contributed by atoms with Crippen molar-refractivity contribution in [1.29, 1.82) is 0 Å². The van der Waals surface area contributed by atoms with Gasteiger partial charge >= 0.3 is 0 Å². The summed E-state index contributed by atoms with van der Waals surface area (Å²) < 4.78 is 63.9. The lowest BCUT2D eigenvalue weighted by atomic mass is 10.1. The topological polar surface area (TPSA) is 141 Å². The van der Waals surface area contributed by atoms with E-state index in [0.717, 1.165) is 5.41 Å². The van der Waals surface area contributed by atoms with E-state index in [1.54, 1.807) is 18.2 Å². The smallest absolute Gasteiger partial charge is 0.237 e. The van der Waals surface area contributed by atoms with Crippen molar-refractivity contribution in [3.63, 3.8) is 0 Å². The van der Waals surface area contributed by atoms with E-state index in [-0.39, 0.29) is 23.0 Å². The van der Waals surface area contributed by atoms with Crippen molar-refractivity contribution in [1.82, 2.24) is 4.98 Å². The third-order valence-corrected chi connectivity index (χ3v) is 8.25. The monoisotopic (exact) mass is 692 g/mol. The summed E-state index contributed by atoms with van der Waals surface area (Å²) in [6, 6.07) is 6.34. The van der Waals surface area contributed by atoms with Crippen LogP contribution in [0.5, 0.6) is 40.4 Å². The molecule has 236 valence electrons. The lowest BCUT2D eigenvalue weighted by Gasteiger charge is -2.15. The Hall–Kier alpha value is -4.43. The average molecular weight is 694 g/mol. The van der Waals surface area contributed by atoms with Crippen LogP contribution in [0.2, 0.25) is 0 Å². The number of methoxy groups -OCH3 is 7. The molecular formula is C30H33BrN2O10S. The maximum absolute atomic E-state index is 13.0. The molecule has 14 heteroatoms. The molecular weight excluding hydrogens is 660 g/mol. The number of carbonyl (C=O) groups excluding carboxylic acids is 1. The molecule has 0 saturated carbocycles. The Morgan fingerprint density at radius 3 is 2.02 bits per heavy atom. The number of ketones is 1. The van der Waals surface area contributed by atoms with Crippen LogP contribution in [0.1, 0.15) is 21.5 Å². The van der Waals surface area contributed by atoms with E-state index in [2.05, 4.69) is 26.2 Å². The first-order valence-corrected chi connectivity index (χ1v) is 15.3. The second kappa shape index (κ2) is 15.3. The summed E-state index contributed by atoms with van der Waals surface area (Å²) in [6.07, 6.45) is 5.47. The Morgan fingerprint density at radius 2 is 1.48 bits per heavy atom. The molecule has 2 aromatic carbocycles. The van der Waals surface area contributed by atoms with E-state index in [1.165, 1.54) is 80.4 Å². The second-order valence-corrected chi connectivity index (χ2v) is 11.5. The molecule has 1 heterocycles. The summed E-state index contributed by atoms with van der Waals surface area (Å²) in [4.78, 5) is 17.3. The van der Waals surface area contributed by atoms with Gasteiger partial charge in [0, 0.05) is 41.6 Å². The van der Waals surface area contributed by atoms with Gasteiger partial charge in [0.05, 0.1) is 65.6 Å². The predicted molar refractivity (Wildman–Crippen MR) is 169 cm³/mol. The van der Waals surface area contributed by atoms with E-state index in [0.29, 0.717) is 55.8 Å². The van der Waals surface area contributed by atoms with Gasteiger partial charge in [-0.15, -0.1) is 0 Å². The molecule has 1 aromatic heterocycles. The Balaban J connectivity index is 1.84.